The average Bonchev–Trinajstić information content (AvgIpc) is 2.45. The van der Waals surface area contributed by atoms with Crippen LogP contribution in [0.25, 0.3) is 0 Å². The minimum Gasteiger partial charge on any atom is -0.478 e. The Hall–Kier alpha value is -1.84. The zero-order chi connectivity index (χ0) is 17.9. The van der Waals surface area contributed by atoms with Gasteiger partial charge >= 0.3 is 11.9 Å². The van der Waals surface area contributed by atoms with E-state index in [-0.39, 0.29) is 0 Å². The van der Waals surface area contributed by atoms with Crippen LogP contribution in [0.2, 0.25) is 0 Å². The Morgan fingerprint density at radius 3 is 2.32 bits per heavy atom. The summed E-state index contributed by atoms with van der Waals surface area (Å²) in [5, 5.41) is 9.19. The summed E-state index contributed by atoms with van der Waals surface area (Å²) in [6.07, 6.45) is 0.912. The van der Waals surface area contributed by atoms with Gasteiger partial charge in [-0.25, -0.2) is 9.59 Å². The first-order chi connectivity index (χ1) is 10.6. The smallest absolute Gasteiger partial charge is 0.339 e. The minimum atomic E-state index is -1.60. The summed E-state index contributed by atoms with van der Waals surface area (Å²) in [5.41, 5.74) is -1.41. The second-order valence-corrected chi connectivity index (χ2v) is 4.74. The zero-order valence-corrected chi connectivity index (χ0v) is 11.2. The van der Waals surface area contributed by atoms with E-state index in [0.717, 1.165) is 6.42 Å². The van der Waals surface area contributed by atoms with Crippen molar-refractivity contribution in [3.05, 3.63) is 35.3 Å². The number of aromatic carboxylic acids is 1. The van der Waals surface area contributed by atoms with E-state index >= 15 is 0 Å². The standard InChI is InChI=1S/C15H20O4/c1-10(2)8-9-11(3)19-15(18)13-7-5-4-6-12(13)14(16)17/h4-7,10-11H,8-9H2,1-3H3,(H,16,17)/i4D,5D,6D,7D. The predicted molar refractivity (Wildman–Crippen MR) is 72.4 cm³/mol. The largest absolute Gasteiger partial charge is 0.478 e. The fourth-order valence-electron chi connectivity index (χ4n) is 1.49. The number of benzene rings is 1. The molecule has 1 rings (SSSR count). The number of hydrogen-bond donors (Lipinski definition) is 1. The van der Waals surface area contributed by atoms with E-state index in [1.807, 2.05) is 13.8 Å². The molecule has 1 atom stereocenters. The summed E-state index contributed by atoms with van der Waals surface area (Å²) in [5.74, 6) is -2.23. The third kappa shape index (κ3) is 4.73. The van der Waals surface area contributed by atoms with Crippen molar-refractivity contribution < 1.29 is 24.9 Å². The molecule has 0 bridgehead atoms. The normalized spacial score (nSPS) is 15.2. The molecule has 0 aliphatic rings. The van der Waals surface area contributed by atoms with E-state index in [0.29, 0.717) is 12.3 Å². The monoisotopic (exact) mass is 268 g/mol. The summed E-state index contributed by atoms with van der Waals surface area (Å²) in [6.45, 7) is 5.70. The van der Waals surface area contributed by atoms with Gasteiger partial charge in [0.15, 0.2) is 0 Å². The molecule has 1 unspecified atom stereocenters. The van der Waals surface area contributed by atoms with Crippen LogP contribution in [0.4, 0.5) is 0 Å². The Labute approximate surface area is 119 Å². The molecule has 4 heteroatoms. The maximum absolute atomic E-state index is 12.2. The Kier molecular flexibility index (Phi) is 3.65. The van der Waals surface area contributed by atoms with Crippen molar-refractivity contribution in [2.45, 2.75) is 39.7 Å². The molecule has 19 heavy (non-hydrogen) atoms. The lowest BCUT2D eigenvalue weighted by atomic mass is 10.1. The Morgan fingerprint density at radius 2 is 1.79 bits per heavy atom. The van der Waals surface area contributed by atoms with E-state index in [1.54, 1.807) is 6.92 Å². The van der Waals surface area contributed by atoms with Crippen LogP contribution in [0.3, 0.4) is 0 Å². The number of esters is 1. The topological polar surface area (TPSA) is 63.6 Å². The third-order valence-corrected chi connectivity index (χ3v) is 2.56. The lowest BCUT2D eigenvalue weighted by Crippen LogP contribution is -2.18. The van der Waals surface area contributed by atoms with E-state index in [2.05, 4.69) is 0 Å². The molecule has 0 amide bonds. The molecule has 0 aliphatic carbocycles. The number of hydrogen-bond acceptors (Lipinski definition) is 3. The zero-order valence-electron chi connectivity index (χ0n) is 15.2. The summed E-state index contributed by atoms with van der Waals surface area (Å²) >= 11 is 0. The molecule has 0 fully saturated rings. The highest BCUT2D eigenvalue weighted by atomic mass is 16.5. The second-order valence-electron chi connectivity index (χ2n) is 4.74. The van der Waals surface area contributed by atoms with Gasteiger partial charge in [-0.3, -0.25) is 0 Å². The quantitative estimate of drug-likeness (QED) is 0.803. The molecule has 0 heterocycles. The number of carbonyl (C=O) groups excluding carboxylic acids is 1. The minimum absolute atomic E-state index is 0.416. The molecule has 0 radical (unpaired) electrons. The molecule has 0 saturated carbocycles. The van der Waals surface area contributed by atoms with Crippen LogP contribution >= 0.6 is 0 Å². The van der Waals surface area contributed by atoms with Crippen molar-refractivity contribution in [2.75, 3.05) is 0 Å². The Bertz CT molecular complexity index is 629. The van der Waals surface area contributed by atoms with Crippen molar-refractivity contribution in [2.24, 2.45) is 5.92 Å². The van der Waals surface area contributed by atoms with Gasteiger partial charge in [-0.05, 0) is 37.8 Å². The number of carboxylic acids is 1. The first-order valence-electron chi connectivity index (χ1n) is 8.12. The fraction of sp³-hybridized carbons (Fsp3) is 0.467. The number of carbonyl (C=O) groups is 2. The molecule has 0 aliphatic heterocycles. The van der Waals surface area contributed by atoms with Gasteiger partial charge in [0.2, 0.25) is 0 Å². The summed E-state index contributed by atoms with van der Waals surface area (Å²) in [7, 11) is 0. The van der Waals surface area contributed by atoms with Gasteiger partial charge in [0.05, 0.1) is 22.7 Å². The van der Waals surface area contributed by atoms with Gasteiger partial charge < -0.3 is 9.84 Å². The van der Waals surface area contributed by atoms with Crippen molar-refractivity contribution in [1.29, 1.82) is 0 Å². The van der Waals surface area contributed by atoms with Crippen molar-refractivity contribution in [3.63, 3.8) is 0 Å². The summed E-state index contributed by atoms with van der Waals surface area (Å²) in [4.78, 5) is 23.5. The SMILES string of the molecule is [2H]c1c([2H])c([2H])c(C(=O)OC(C)CCC(C)C)c(C(=O)O)c1[2H]. The van der Waals surface area contributed by atoms with Crippen LogP contribution in [0.15, 0.2) is 24.2 Å². The van der Waals surface area contributed by atoms with Crippen LogP contribution in [0.1, 0.15) is 59.8 Å². The van der Waals surface area contributed by atoms with Crippen molar-refractivity contribution in [1.82, 2.24) is 0 Å². The second kappa shape index (κ2) is 6.92. The van der Waals surface area contributed by atoms with Gasteiger partial charge in [0.25, 0.3) is 0 Å². The van der Waals surface area contributed by atoms with Gasteiger partial charge in [0.1, 0.15) is 0 Å². The van der Waals surface area contributed by atoms with Gasteiger partial charge in [-0.2, -0.15) is 0 Å². The molecule has 1 aromatic carbocycles. The van der Waals surface area contributed by atoms with Crippen LogP contribution < -0.4 is 0 Å². The fourth-order valence-corrected chi connectivity index (χ4v) is 1.49. The molecule has 0 aromatic heterocycles. The molecule has 1 aromatic rings. The molecule has 0 spiro atoms. The maximum Gasteiger partial charge on any atom is 0.339 e. The van der Waals surface area contributed by atoms with Crippen LogP contribution in [-0.4, -0.2) is 23.1 Å². The highest BCUT2D eigenvalue weighted by Crippen LogP contribution is 2.14. The molecule has 0 saturated heterocycles. The number of ether oxygens (including phenoxy) is 1. The summed E-state index contributed by atoms with van der Waals surface area (Å²) < 4.78 is 35.6. The van der Waals surface area contributed by atoms with E-state index in [1.165, 1.54) is 0 Å². The first kappa shape index (κ1) is 10.0. The molecule has 104 valence electrons. The van der Waals surface area contributed by atoms with Crippen LogP contribution in [0, 0.1) is 5.92 Å². The Balaban J connectivity index is 3.21. The maximum atomic E-state index is 12.2. The average molecular weight is 268 g/mol. The van der Waals surface area contributed by atoms with Crippen molar-refractivity contribution in [3.8, 4) is 0 Å². The van der Waals surface area contributed by atoms with Crippen LogP contribution in [0.5, 0.6) is 0 Å². The molecule has 1 N–H and O–H groups in total. The number of carboxylic acid groups (broad SMARTS) is 1. The number of rotatable bonds is 6. The summed E-state index contributed by atoms with van der Waals surface area (Å²) in [6, 6.07) is -2.83. The third-order valence-electron chi connectivity index (χ3n) is 2.56. The first-order valence-corrected chi connectivity index (χ1v) is 6.12. The van der Waals surface area contributed by atoms with Gasteiger partial charge in [-0.15, -0.1) is 0 Å². The van der Waals surface area contributed by atoms with Crippen LogP contribution in [-0.2, 0) is 4.74 Å². The molecular formula is C15H20O4. The van der Waals surface area contributed by atoms with Gasteiger partial charge in [0, 0.05) is 0 Å². The molecule has 4 nitrogen and oxygen atoms in total. The highest BCUT2D eigenvalue weighted by Gasteiger charge is 2.19. The lowest BCUT2D eigenvalue weighted by Gasteiger charge is -2.15. The Morgan fingerprint density at radius 1 is 1.21 bits per heavy atom. The van der Waals surface area contributed by atoms with Crippen molar-refractivity contribution >= 4 is 11.9 Å². The highest BCUT2D eigenvalue weighted by molar-refractivity contribution is 6.02. The molecular weight excluding hydrogens is 244 g/mol. The predicted octanol–water partition coefficient (Wildman–Crippen LogP) is 3.37. The van der Waals surface area contributed by atoms with Gasteiger partial charge in [-0.1, -0.05) is 25.9 Å². The van der Waals surface area contributed by atoms with E-state index in [4.69, 9.17) is 10.2 Å². The lowest BCUT2D eigenvalue weighted by molar-refractivity contribution is 0.0308. The van der Waals surface area contributed by atoms with E-state index in [9.17, 15) is 14.7 Å². The van der Waals surface area contributed by atoms with E-state index < -0.39 is 53.3 Å².